The van der Waals surface area contributed by atoms with E-state index in [4.69, 9.17) is 4.52 Å². The van der Waals surface area contributed by atoms with E-state index in [0.717, 1.165) is 28.1 Å². The number of amides is 2. The second kappa shape index (κ2) is 5.70. The summed E-state index contributed by atoms with van der Waals surface area (Å²) < 4.78 is 5.20. The van der Waals surface area contributed by atoms with Crippen molar-refractivity contribution in [2.45, 2.75) is 20.4 Å². The van der Waals surface area contributed by atoms with Gasteiger partial charge in [-0.2, -0.15) is 0 Å². The molecule has 2 aromatic carbocycles. The number of imide groups is 1. The molecule has 25 heavy (non-hydrogen) atoms. The second-order valence-electron chi connectivity index (χ2n) is 6.14. The maximum atomic E-state index is 12.4. The van der Waals surface area contributed by atoms with E-state index in [9.17, 15) is 9.59 Å². The Balaban J connectivity index is 1.59. The van der Waals surface area contributed by atoms with Crippen molar-refractivity contribution in [3.8, 4) is 11.1 Å². The molecule has 0 saturated carbocycles. The minimum absolute atomic E-state index is 0.240. The Morgan fingerprint density at radius 3 is 2.04 bits per heavy atom. The van der Waals surface area contributed by atoms with Crippen molar-refractivity contribution in [1.29, 1.82) is 0 Å². The summed E-state index contributed by atoms with van der Waals surface area (Å²) in [5, 5.41) is 3.97. The normalized spacial score (nSPS) is 13.4. The monoisotopic (exact) mass is 332 g/mol. The molecule has 0 bridgehead atoms. The Kier molecular flexibility index (Phi) is 3.50. The minimum Gasteiger partial charge on any atom is -0.361 e. The third-order valence-electron chi connectivity index (χ3n) is 4.49. The lowest BCUT2D eigenvalue weighted by Gasteiger charge is -2.14. The van der Waals surface area contributed by atoms with Gasteiger partial charge in [-0.3, -0.25) is 14.5 Å². The molecular formula is C20H16N2O3. The first-order valence-electron chi connectivity index (χ1n) is 8.03. The highest BCUT2D eigenvalue weighted by atomic mass is 16.5. The molecule has 2 heterocycles. The molecule has 0 unspecified atom stereocenters. The molecule has 0 spiro atoms. The SMILES string of the molecule is Cc1noc(C)c1-c1ccc(CN2C(=O)c3ccccc3C2=O)cc1. The van der Waals surface area contributed by atoms with E-state index < -0.39 is 0 Å². The molecule has 5 nitrogen and oxygen atoms in total. The summed E-state index contributed by atoms with van der Waals surface area (Å²) in [5.74, 6) is 0.288. The molecule has 3 aromatic rings. The topological polar surface area (TPSA) is 63.4 Å². The van der Waals surface area contributed by atoms with Gasteiger partial charge in [0.1, 0.15) is 5.76 Å². The zero-order valence-corrected chi connectivity index (χ0v) is 13.9. The van der Waals surface area contributed by atoms with Crippen LogP contribution < -0.4 is 0 Å². The van der Waals surface area contributed by atoms with E-state index in [1.165, 1.54) is 4.90 Å². The van der Waals surface area contributed by atoms with Crippen LogP contribution in [-0.4, -0.2) is 21.9 Å². The lowest BCUT2D eigenvalue weighted by Crippen LogP contribution is -2.29. The van der Waals surface area contributed by atoms with Gasteiger partial charge in [0, 0.05) is 5.56 Å². The fraction of sp³-hybridized carbons (Fsp3) is 0.150. The standard InChI is InChI=1S/C20H16N2O3/c1-12-18(13(2)25-21-12)15-9-7-14(8-10-15)11-22-19(23)16-5-3-4-6-17(16)20(22)24/h3-10H,11H2,1-2H3. The number of carbonyl (C=O) groups is 2. The van der Waals surface area contributed by atoms with Crippen molar-refractivity contribution < 1.29 is 14.1 Å². The summed E-state index contributed by atoms with van der Waals surface area (Å²) >= 11 is 0. The van der Waals surface area contributed by atoms with Crippen molar-refractivity contribution in [1.82, 2.24) is 10.1 Å². The zero-order valence-electron chi connectivity index (χ0n) is 13.9. The van der Waals surface area contributed by atoms with Crippen LogP contribution in [0, 0.1) is 13.8 Å². The average Bonchev–Trinajstić information content (AvgIpc) is 3.08. The van der Waals surface area contributed by atoms with Gasteiger partial charge in [0.25, 0.3) is 11.8 Å². The Hall–Kier alpha value is -3.21. The lowest BCUT2D eigenvalue weighted by atomic mass is 10.0. The van der Waals surface area contributed by atoms with Gasteiger partial charge in [0.05, 0.1) is 23.4 Å². The third-order valence-corrected chi connectivity index (χ3v) is 4.49. The van der Waals surface area contributed by atoms with Crippen LogP contribution in [0.2, 0.25) is 0 Å². The molecule has 0 aliphatic carbocycles. The molecule has 1 aromatic heterocycles. The van der Waals surface area contributed by atoms with Crippen LogP contribution in [0.15, 0.2) is 53.1 Å². The van der Waals surface area contributed by atoms with Gasteiger partial charge in [-0.25, -0.2) is 0 Å². The van der Waals surface area contributed by atoms with Gasteiger partial charge in [-0.05, 0) is 37.1 Å². The van der Waals surface area contributed by atoms with E-state index >= 15 is 0 Å². The number of hydrogen-bond donors (Lipinski definition) is 0. The predicted molar refractivity (Wildman–Crippen MR) is 92.1 cm³/mol. The first-order chi connectivity index (χ1) is 12.1. The molecule has 4 rings (SSSR count). The highest BCUT2D eigenvalue weighted by Gasteiger charge is 2.34. The Labute approximate surface area is 144 Å². The number of nitrogens with zero attached hydrogens (tertiary/aromatic N) is 2. The van der Waals surface area contributed by atoms with Gasteiger partial charge >= 0.3 is 0 Å². The largest absolute Gasteiger partial charge is 0.361 e. The van der Waals surface area contributed by atoms with Crippen molar-refractivity contribution in [2.75, 3.05) is 0 Å². The number of aryl methyl sites for hydroxylation is 2. The Morgan fingerprint density at radius 2 is 1.52 bits per heavy atom. The maximum absolute atomic E-state index is 12.4. The molecule has 0 N–H and O–H groups in total. The van der Waals surface area contributed by atoms with Crippen molar-refractivity contribution in [3.63, 3.8) is 0 Å². The van der Waals surface area contributed by atoms with Crippen LogP contribution in [0.1, 0.15) is 37.7 Å². The van der Waals surface area contributed by atoms with Gasteiger partial charge in [0.2, 0.25) is 0 Å². The first-order valence-corrected chi connectivity index (χ1v) is 8.03. The number of benzene rings is 2. The summed E-state index contributed by atoms with van der Waals surface area (Å²) in [6, 6.07) is 14.7. The molecule has 1 aliphatic rings. The van der Waals surface area contributed by atoms with E-state index in [0.29, 0.717) is 11.1 Å². The summed E-state index contributed by atoms with van der Waals surface area (Å²) in [6.45, 7) is 4.04. The summed E-state index contributed by atoms with van der Waals surface area (Å²) in [7, 11) is 0. The lowest BCUT2D eigenvalue weighted by molar-refractivity contribution is 0.0642. The summed E-state index contributed by atoms with van der Waals surface area (Å²) in [5.41, 5.74) is 4.66. The summed E-state index contributed by atoms with van der Waals surface area (Å²) in [4.78, 5) is 26.2. The van der Waals surface area contributed by atoms with Crippen LogP contribution in [0.3, 0.4) is 0 Å². The third kappa shape index (κ3) is 2.45. The van der Waals surface area contributed by atoms with Crippen molar-refractivity contribution >= 4 is 11.8 Å². The van der Waals surface area contributed by atoms with Crippen LogP contribution in [0.4, 0.5) is 0 Å². The molecule has 0 saturated heterocycles. The van der Waals surface area contributed by atoms with Crippen LogP contribution >= 0.6 is 0 Å². The number of hydrogen-bond acceptors (Lipinski definition) is 4. The molecule has 5 heteroatoms. The fourth-order valence-corrected chi connectivity index (χ4v) is 3.24. The smallest absolute Gasteiger partial charge is 0.261 e. The molecule has 0 radical (unpaired) electrons. The molecule has 2 amide bonds. The average molecular weight is 332 g/mol. The highest BCUT2D eigenvalue weighted by Crippen LogP contribution is 2.28. The molecule has 0 atom stereocenters. The van der Waals surface area contributed by atoms with Crippen molar-refractivity contribution in [3.05, 3.63) is 76.7 Å². The molecule has 124 valence electrons. The second-order valence-corrected chi connectivity index (χ2v) is 6.14. The van der Waals surface area contributed by atoms with Crippen LogP contribution in [0.5, 0.6) is 0 Å². The van der Waals surface area contributed by atoms with Crippen molar-refractivity contribution in [2.24, 2.45) is 0 Å². The highest BCUT2D eigenvalue weighted by molar-refractivity contribution is 6.21. The van der Waals surface area contributed by atoms with Gasteiger partial charge in [-0.15, -0.1) is 0 Å². The molecule has 1 aliphatic heterocycles. The van der Waals surface area contributed by atoms with E-state index in [1.54, 1.807) is 24.3 Å². The van der Waals surface area contributed by atoms with E-state index in [1.807, 2.05) is 38.1 Å². The molecule has 0 fully saturated rings. The van der Waals surface area contributed by atoms with E-state index in [-0.39, 0.29) is 18.4 Å². The van der Waals surface area contributed by atoms with Gasteiger partial charge in [-0.1, -0.05) is 41.6 Å². The van der Waals surface area contributed by atoms with E-state index in [2.05, 4.69) is 5.16 Å². The van der Waals surface area contributed by atoms with Crippen LogP contribution in [0.25, 0.3) is 11.1 Å². The minimum atomic E-state index is -0.240. The van der Waals surface area contributed by atoms with Gasteiger partial charge in [0.15, 0.2) is 0 Å². The number of fused-ring (bicyclic) bond motifs is 1. The fourth-order valence-electron chi connectivity index (χ4n) is 3.24. The summed E-state index contributed by atoms with van der Waals surface area (Å²) in [6.07, 6.45) is 0. The number of rotatable bonds is 3. The zero-order chi connectivity index (χ0) is 17.6. The number of carbonyl (C=O) groups excluding carboxylic acids is 2. The maximum Gasteiger partial charge on any atom is 0.261 e. The van der Waals surface area contributed by atoms with Crippen LogP contribution in [-0.2, 0) is 6.54 Å². The first kappa shape index (κ1) is 15.3. The Bertz CT molecular complexity index is 932. The van der Waals surface area contributed by atoms with Gasteiger partial charge < -0.3 is 4.52 Å². The number of aromatic nitrogens is 1. The molecular weight excluding hydrogens is 316 g/mol. The Morgan fingerprint density at radius 1 is 0.920 bits per heavy atom. The quantitative estimate of drug-likeness (QED) is 0.685. The predicted octanol–water partition coefficient (Wildman–Crippen LogP) is 3.75.